The second-order valence-corrected chi connectivity index (χ2v) is 11.0. The molecule has 0 radical (unpaired) electrons. The Balaban J connectivity index is 1.76. The molecule has 0 fully saturated rings. The third kappa shape index (κ3) is 3.73. The number of carbonyl (C=O) groups is 2. The first kappa shape index (κ1) is 23.9. The molecule has 184 valence electrons. The summed E-state index contributed by atoms with van der Waals surface area (Å²) in [6.07, 6.45) is 0. The Morgan fingerprint density at radius 3 is 2.42 bits per heavy atom. The van der Waals surface area contributed by atoms with Gasteiger partial charge in [0.15, 0.2) is 10.6 Å². The highest BCUT2D eigenvalue weighted by Gasteiger charge is 2.45. The first-order valence-corrected chi connectivity index (χ1v) is 12.4. The fourth-order valence-corrected chi connectivity index (χ4v) is 5.54. The number of esters is 1. The minimum atomic E-state index is -0.751. The van der Waals surface area contributed by atoms with Crippen molar-refractivity contribution in [2.75, 3.05) is 12.0 Å². The highest BCUT2D eigenvalue weighted by molar-refractivity contribution is 7.17. The lowest BCUT2D eigenvalue weighted by Gasteiger charge is -2.24. The molecular weight excluding hydrogens is 476 g/mol. The normalized spacial score (nSPS) is 15.4. The molecule has 0 spiro atoms. The Labute approximate surface area is 212 Å². The van der Waals surface area contributed by atoms with Gasteiger partial charge in [0.1, 0.15) is 10.5 Å². The topological polar surface area (TPSA) is 89.7 Å². The second kappa shape index (κ2) is 8.41. The van der Waals surface area contributed by atoms with Gasteiger partial charge in [0.05, 0.1) is 29.8 Å². The molecular formula is C28H26N2O5S. The molecule has 1 aliphatic heterocycles. The largest absolute Gasteiger partial charge is 0.465 e. The van der Waals surface area contributed by atoms with E-state index in [1.807, 2.05) is 37.3 Å². The zero-order valence-electron chi connectivity index (χ0n) is 21.0. The standard InChI is InChI=1S/C28H26N2O5S/c1-14-7-12-19-18(13-14)22(31)20-21(16-8-10-17(11-9-16)28(3,4)5)30(25(32)23(20)35-19)27-29-15(2)24(36-27)26(33)34-6/h7-13,21H,1-6H3. The molecule has 1 unspecified atom stereocenters. The van der Waals surface area contributed by atoms with Crippen LogP contribution < -0.4 is 10.3 Å². The molecule has 8 heteroatoms. The SMILES string of the molecule is COC(=O)c1sc(N2C(=O)c3oc4ccc(C)cc4c(=O)c3C2c2ccc(C(C)(C)C)cc2)nc1C. The molecule has 0 N–H and O–H groups in total. The van der Waals surface area contributed by atoms with Crippen LogP contribution in [-0.2, 0) is 10.2 Å². The molecule has 1 amide bonds. The highest BCUT2D eigenvalue weighted by Crippen LogP contribution is 2.43. The fraction of sp³-hybridized carbons (Fsp3) is 0.286. The van der Waals surface area contributed by atoms with E-state index < -0.39 is 17.9 Å². The molecule has 0 saturated heterocycles. The van der Waals surface area contributed by atoms with Crippen molar-refractivity contribution in [1.29, 1.82) is 0 Å². The van der Waals surface area contributed by atoms with Gasteiger partial charge in [-0.1, -0.05) is 68.0 Å². The van der Waals surface area contributed by atoms with E-state index >= 15 is 0 Å². The van der Waals surface area contributed by atoms with Crippen molar-refractivity contribution in [3.8, 4) is 0 Å². The van der Waals surface area contributed by atoms with Gasteiger partial charge in [-0.2, -0.15) is 0 Å². The van der Waals surface area contributed by atoms with Crippen molar-refractivity contribution in [3.05, 3.63) is 91.3 Å². The maximum atomic E-state index is 13.8. The van der Waals surface area contributed by atoms with Crippen LogP contribution in [0.15, 0.2) is 51.7 Å². The van der Waals surface area contributed by atoms with E-state index in [2.05, 4.69) is 25.8 Å². The molecule has 0 bridgehead atoms. The lowest BCUT2D eigenvalue weighted by Crippen LogP contribution is -2.29. The Kier molecular flexibility index (Phi) is 5.59. The van der Waals surface area contributed by atoms with Crippen molar-refractivity contribution in [2.45, 2.75) is 46.1 Å². The average Bonchev–Trinajstić information content (AvgIpc) is 3.36. The van der Waals surface area contributed by atoms with E-state index in [1.54, 1.807) is 19.1 Å². The summed E-state index contributed by atoms with van der Waals surface area (Å²) in [5.41, 5.74) is 3.56. The molecule has 36 heavy (non-hydrogen) atoms. The van der Waals surface area contributed by atoms with Gasteiger partial charge in [0.2, 0.25) is 5.76 Å². The summed E-state index contributed by atoms with van der Waals surface area (Å²) in [5, 5.41) is 0.721. The van der Waals surface area contributed by atoms with E-state index in [9.17, 15) is 14.4 Å². The summed E-state index contributed by atoms with van der Waals surface area (Å²) >= 11 is 1.06. The lowest BCUT2D eigenvalue weighted by molar-refractivity contribution is 0.0605. The molecule has 0 saturated carbocycles. The van der Waals surface area contributed by atoms with Crippen LogP contribution >= 0.6 is 11.3 Å². The number of amides is 1. The number of anilines is 1. The maximum absolute atomic E-state index is 13.8. The molecule has 5 rings (SSSR count). The Morgan fingerprint density at radius 2 is 1.78 bits per heavy atom. The van der Waals surface area contributed by atoms with Gasteiger partial charge in [-0.05, 0) is 42.5 Å². The number of thiazole rings is 1. The molecule has 1 aliphatic rings. The third-order valence-corrected chi connectivity index (χ3v) is 7.62. The van der Waals surface area contributed by atoms with Crippen LogP contribution in [0.3, 0.4) is 0 Å². The molecule has 4 aromatic rings. The number of aromatic nitrogens is 1. The summed E-state index contributed by atoms with van der Waals surface area (Å²) in [6, 6.07) is 12.5. The molecule has 7 nitrogen and oxygen atoms in total. The van der Waals surface area contributed by atoms with Gasteiger partial charge in [-0.25, -0.2) is 9.78 Å². The van der Waals surface area contributed by atoms with Crippen LogP contribution in [0.25, 0.3) is 11.0 Å². The number of methoxy groups -OCH3 is 1. The second-order valence-electron chi connectivity index (χ2n) is 10.0. The first-order valence-electron chi connectivity index (χ1n) is 11.6. The number of aryl methyl sites for hydroxylation is 2. The molecule has 2 aromatic carbocycles. The number of rotatable bonds is 3. The smallest absolute Gasteiger partial charge is 0.350 e. The summed E-state index contributed by atoms with van der Waals surface area (Å²) in [4.78, 5) is 46.1. The third-order valence-electron chi connectivity index (χ3n) is 6.48. The number of ether oxygens (including phenoxy) is 1. The average molecular weight is 503 g/mol. The summed E-state index contributed by atoms with van der Waals surface area (Å²) < 4.78 is 10.9. The van der Waals surface area contributed by atoms with Crippen LogP contribution in [0.2, 0.25) is 0 Å². The molecule has 1 atom stereocenters. The number of hydrogen-bond acceptors (Lipinski definition) is 7. The molecule has 2 aromatic heterocycles. The van der Waals surface area contributed by atoms with Crippen LogP contribution in [0.4, 0.5) is 5.13 Å². The van der Waals surface area contributed by atoms with E-state index in [1.165, 1.54) is 12.0 Å². The van der Waals surface area contributed by atoms with Crippen molar-refractivity contribution in [3.63, 3.8) is 0 Å². The lowest BCUT2D eigenvalue weighted by atomic mass is 9.86. The van der Waals surface area contributed by atoms with E-state index in [0.29, 0.717) is 26.7 Å². The van der Waals surface area contributed by atoms with Crippen LogP contribution in [0.1, 0.15) is 75.0 Å². The van der Waals surface area contributed by atoms with Crippen LogP contribution in [0, 0.1) is 13.8 Å². The molecule has 0 aliphatic carbocycles. The summed E-state index contributed by atoms with van der Waals surface area (Å²) in [6.45, 7) is 9.96. The van der Waals surface area contributed by atoms with Gasteiger partial charge in [-0.15, -0.1) is 0 Å². The predicted octanol–water partition coefficient (Wildman–Crippen LogP) is 5.70. The fourth-order valence-electron chi connectivity index (χ4n) is 4.53. The summed E-state index contributed by atoms with van der Waals surface area (Å²) in [5.74, 6) is -1.00. The van der Waals surface area contributed by atoms with E-state index in [4.69, 9.17) is 9.15 Å². The van der Waals surface area contributed by atoms with Gasteiger partial charge < -0.3 is 9.15 Å². The van der Waals surface area contributed by atoms with Crippen molar-refractivity contribution in [2.24, 2.45) is 0 Å². The van der Waals surface area contributed by atoms with Gasteiger partial charge in [0.25, 0.3) is 5.91 Å². The van der Waals surface area contributed by atoms with E-state index in [0.717, 1.165) is 28.0 Å². The maximum Gasteiger partial charge on any atom is 0.350 e. The first-order chi connectivity index (χ1) is 17.0. The quantitative estimate of drug-likeness (QED) is 0.334. The summed E-state index contributed by atoms with van der Waals surface area (Å²) in [7, 11) is 1.30. The van der Waals surface area contributed by atoms with Crippen molar-refractivity contribution >= 4 is 39.3 Å². The monoisotopic (exact) mass is 502 g/mol. The van der Waals surface area contributed by atoms with Crippen molar-refractivity contribution in [1.82, 2.24) is 4.98 Å². The predicted molar refractivity (Wildman–Crippen MR) is 139 cm³/mol. The minimum Gasteiger partial charge on any atom is -0.465 e. The number of fused-ring (bicyclic) bond motifs is 2. The molecule has 3 heterocycles. The Bertz CT molecular complexity index is 1590. The van der Waals surface area contributed by atoms with Crippen LogP contribution in [0.5, 0.6) is 0 Å². The number of carbonyl (C=O) groups excluding carboxylic acids is 2. The Morgan fingerprint density at radius 1 is 1.08 bits per heavy atom. The van der Waals surface area contributed by atoms with Gasteiger partial charge >= 0.3 is 5.97 Å². The number of benzene rings is 2. The van der Waals surface area contributed by atoms with E-state index in [-0.39, 0.29) is 22.2 Å². The zero-order valence-corrected chi connectivity index (χ0v) is 21.8. The Hall–Kier alpha value is -3.78. The van der Waals surface area contributed by atoms with Gasteiger partial charge in [0, 0.05) is 0 Å². The van der Waals surface area contributed by atoms with Crippen LogP contribution in [-0.4, -0.2) is 24.0 Å². The highest BCUT2D eigenvalue weighted by atomic mass is 32.1. The minimum absolute atomic E-state index is 0.00581. The van der Waals surface area contributed by atoms with Crippen molar-refractivity contribution < 1.29 is 18.7 Å². The number of hydrogen-bond donors (Lipinski definition) is 0. The van der Waals surface area contributed by atoms with Gasteiger partial charge in [-0.3, -0.25) is 14.5 Å². The zero-order chi connectivity index (χ0) is 25.9. The number of nitrogens with zero attached hydrogens (tertiary/aromatic N) is 2.